The Labute approximate surface area is 328 Å². The molecule has 0 atom stereocenters. The lowest BCUT2D eigenvalue weighted by atomic mass is 9.95. The van der Waals surface area contributed by atoms with Gasteiger partial charge in [-0.05, 0) is 137 Å². The van der Waals surface area contributed by atoms with Crippen molar-refractivity contribution >= 4 is 31.9 Å². The summed E-state index contributed by atoms with van der Waals surface area (Å²) >= 11 is 6.93. The molecule has 51 heavy (non-hydrogen) atoms. The number of alkyl halides is 2. The van der Waals surface area contributed by atoms with E-state index < -0.39 is 0 Å². The number of benzene rings is 2. The predicted octanol–water partition coefficient (Wildman–Crippen LogP) is 11.8. The van der Waals surface area contributed by atoms with Crippen molar-refractivity contribution in [2.75, 3.05) is 10.7 Å². The minimum Gasteiger partial charge on any atom is -0.202 e. The smallest absolute Gasteiger partial charge is 0.184 e. The van der Waals surface area contributed by atoms with Crippen LogP contribution in [0.1, 0.15) is 129 Å². The molecule has 0 aliphatic heterocycles. The van der Waals surface area contributed by atoms with E-state index in [1.807, 2.05) is 0 Å². The monoisotopic (exact) mass is 816 g/mol. The van der Waals surface area contributed by atoms with Gasteiger partial charge in [0.05, 0.1) is 0 Å². The van der Waals surface area contributed by atoms with E-state index in [2.05, 4.69) is 126 Å². The number of aryl methyl sites for hydroxylation is 8. The molecule has 2 aliphatic rings. The van der Waals surface area contributed by atoms with Crippen molar-refractivity contribution in [1.82, 2.24) is 0 Å². The Bertz CT molecular complexity index is 1410. The van der Waals surface area contributed by atoms with Crippen molar-refractivity contribution in [3.8, 4) is 0 Å². The van der Waals surface area contributed by atoms with Crippen LogP contribution in [0.2, 0.25) is 0 Å². The van der Waals surface area contributed by atoms with Crippen LogP contribution in [0, 0.1) is 0 Å². The summed E-state index contributed by atoms with van der Waals surface area (Å²) < 4.78 is 5.06. The van der Waals surface area contributed by atoms with Crippen molar-refractivity contribution in [1.29, 1.82) is 0 Å². The maximum Gasteiger partial charge on any atom is 0.184 e. The van der Waals surface area contributed by atoms with Crippen molar-refractivity contribution in [2.24, 2.45) is 0 Å². The van der Waals surface area contributed by atoms with Crippen LogP contribution < -0.4 is 9.13 Å². The highest BCUT2D eigenvalue weighted by molar-refractivity contribution is 9.09. The molecule has 276 valence electrons. The Morgan fingerprint density at radius 3 is 1.10 bits per heavy atom. The second-order valence-corrected chi connectivity index (χ2v) is 16.2. The Hall–Kier alpha value is -2.30. The molecule has 0 amide bonds. The number of aromatic nitrogens is 2. The van der Waals surface area contributed by atoms with Crippen LogP contribution in [-0.4, -0.2) is 10.7 Å². The van der Waals surface area contributed by atoms with Crippen LogP contribution in [0.5, 0.6) is 0 Å². The SMILES string of the molecule is BrCCCCc1ccc(CCCCBr)cc1.C.c1cc2c([n+](CCCCc3ccc(CCCC[n+]4cccc5c4CCCC5)cc3)c1)CCCC2. The highest BCUT2D eigenvalue weighted by Gasteiger charge is 2.20. The lowest BCUT2D eigenvalue weighted by Crippen LogP contribution is -2.40. The summed E-state index contributed by atoms with van der Waals surface area (Å²) in [6, 6.07) is 27.8. The average Bonchev–Trinajstić information content (AvgIpc) is 3.17. The molecule has 0 saturated carbocycles. The third-order valence-electron chi connectivity index (χ3n) is 10.8. The maximum absolute atomic E-state index is 3.47. The first kappa shape index (κ1) is 41.5. The molecule has 0 bridgehead atoms. The van der Waals surface area contributed by atoms with E-state index >= 15 is 0 Å². The van der Waals surface area contributed by atoms with E-state index in [9.17, 15) is 0 Å². The van der Waals surface area contributed by atoms with Gasteiger partial charge in [-0.2, -0.15) is 0 Å². The Morgan fingerprint density at radius 2 is 0.745 bits per heavy atom. The van der Waals surface area contributed by atoms with Crippen LogP contribution in [0.3, 0.4) is 0 Å². The number of unbranched alkanes of at least 4 members (excludes halogenated alkanes) is 4. The number of fused-ring (bicyclic) bond motifs is 2. The molecule has 0 spiro atoms. The maximum atomic E-state index is 3.47. The van der Waals surface area contributed by atoms with E-state index in [1.165, 1.54) is 164 Å². The topological polar surface area (TPSA) is 7.76 Å². The van der Waals surface area contributed by atoms with Gasteiger partial charge in [-0.1, -0.05) is 87.8 Å². The fraction of sp³-hybridized carbons (Fsp3) is 0.532. The fourth-order valence-electron chi connectivity index (χ4n) is 7.78. The largest absolute Gasteiger partial charge is 0.202 e. The van der Waals surface area contributed by atoms with Gasteiger partial charge in [-0.3, -0.25) is 0 Å². The van der Waals surface area contributed by atoms with E-state index in [0.29, 0.717) is 0 Å². The number of nitrogens with zero attached hydrogens (tertiary/aromatic N) is 2. The number of halogens is 2. The Morgan fingerprint density at radius 1 is 0.412 bits per heavy atom. The zero-order valence-corrected chi connectivity index (χ0v) is 33.9. The van der Waals surface area contributed by atoms with Crippen LogP contribution in [0.25, 0.3) is 0 Å². The number of hydrogen-bond donors (Lipinski definition) is 0. The fourth-order valence-corrected chi connectivity index (χ4v) is 8.57. The van der Waals surface area contributed by atoms with Gasteiger partial charge < -0.3 is 0 Å². The number of pyridine rings is 2. The van der Waals surface area contributed by atoms with Gasteiger partial charge in [0.1, 0.15) is 13.1 Å². The minimum atomic E-state index is 0. The average molecular weight is 819 g/mol. The zero-order valence-electron chi connectivity index (χ0n) is 30.7. The first-order chi connectivity index (χ1) is 24.7. The van der Waals surface area contributed by atoms with Gasteiger partial charge >= 0.3 is 0 Å². The summed E-state index contributed by atoms with van der Waals surface area (Å²) in [5.74, 6) is 0. The first-order valence-electron chi connectivity index (χ1n) is 20.0. The Balaban J connectivity index is 0.000000291. The van der Waals surface area contributed by atoms with Gasteiger partial charge in [0.15, 0.2) is 23.8 Å². The minimum absolute atomic E-state index is 0. The second-order valence-electron chi connectivity index (χ2n) is 14.6. The quantitative estimate of drug-likeness (QED) is 0.0537. The third-order valence-corrected chi connectivity index (χ3v) is 11.9. The van der Waals surface area contributed by atoms with Crippen LogP contribution in [0.4, 0.5) is 0 Å². The molecular weight excluding hydrogens is 752 g/mol. The van der Waals surface area contributed by atoms with Crippen LogP contribution >= 0.6 is 31.9 Å². The molecule has 4 aromatic rings. The molecule has 0 unspecified atom stereocenters. The Kier molecular flexibility index (Phi) is 19.6. The van der Waals surface area contributed by atoms with E-state index in [0.717, 1.165) is 10.7 Å². The van der Waals surface area contributed by atoms with Gasteiger partial charge in [0.25, 0.3) is 0 Å². The number of hydrogen-bond acceptors (Lipinski definition) is 0. The van der Waals surface area contributed by atoms with Gasteiger partial charge in [0, 0.05) is 59.6 Å². The summed E-state index contributed by atoms with van der Waals surface area (Å²) in [5, 5.41) is 2.25. The summed E-state index contributed by atoms with van der Waals surface area (Å²) in [6.45, 7) is 2.34. The lowest BCUT2D eigenvalue weighted by Gasteiger charge is -2.14. The summed E-state index contributed by atoms with van der Waals surface area (Å²) in [7, 11) is 0. The van der Waals surface area contributed by atoms with Crippen molar-refractivity contribution in [3.63, 3.8) is 0 Å². The molecule has 2 heterocycles. The molecule has 0 N–H and O–H groups in total. The molecule has 0 saturated heterocycles. The molecule has 2 aromatic carbocycles. The highest BCUT2D eigenvalue weighted by atomic mass is 79.9. The highest BCUT2D eigenvalue weighted by Crippen LogP contribution is 2.19. The molecule has 0 radical (unpaired) electrons. The first-order valence-corrected chi connectivity index (χ1v) is 22.3. The van der Waals surface area contributed by atoms with Gasteiger partial charge in [-0.25, -0.2) is 9.13 Å². The van der Waals surface area contributed by atoms with Crippen molar-refractivity contribution in [3.05, 3.63) is 130 Å². The molecule has 2 aliphatic carbocycles. The summed E-state index contributed by atoms with van der Waals surface area (Å²) in [6.07, 6.45) is 30.1. The van der Waals surface area contributed by atoms with Crippen molar-refractivity contribution in [2.45, 2.75) is 149 Å². The molecule has 4 heteroatoms. The van der Waals surface area contributed by atoms with Crippen LogP contribution in [-0.2, 0) is 64.5 Å². The van der Waals surface area contributed by atoms with E-state index in [1.54, 1.807) is 22.5 Å². The third kappa shape index (κ3) is 14.2. The molecular formula is C47H66Br2N2+2. The second kappa shape index (κ2) is 24.1. The predicted molar refractivity (Wildman–Crippen MR) is 226 cm³/mol. The van der Waals surface area contributed by atoms with Crippen LogP contribution in [0.15, 0.2) is 85.2 Å². The zero-order chi connectivity index (χ0) is 34.6. The normalized spacial score (nSPS) is 13.4. The summed E-state index contributed by atoms with van der Waals surface area (Å²) in [4.78, 5) is 0. The molecule has 2 nitrogen and oxygen atoms in total. The van der Waals surface area contributed by atoms with Gasteiger partial charge in [0.2, 0.25) is 0 Å². The van der Waals surface area contributed by atoms with Gasteiger partial charge in [-0.15, -0.1) is 0 Å². The molecule has 0 fully saturated rings. The standard InChI is InChI=1S/C32H42N2.C14H20Br2.CH4/c1-3-17-31-29(13-1)15-9-25-33(31)23-7-5-11-27-19-21-28(22-20-27)12-6-8-24-34-26-10-16-30-14-2-4-18-32(30)34;15-11-3-1-5-13-7-9-14(10-8-13)6-2-4-12-16;/h9-10,15-16,19-22,25-26H,1-8,11-14,17-18,23-24H2;7-10H,1-6,11-12H2;1H4/q+2;;. The number of rotatable bonds is 18. The molecule has 6 rings (SSSR count). The van der Waals surface area contributed by atoms with E-state index in [-0.39, 0.29) is 7.43 Å². The lowest BCUT2D eigenvalue weighted by molar-refractivity contribution is -0.705. The summed E-state index contributed by atoms with van der Waals surface area (Å²) in [5.41, 5.74) is 12.3. The molecule has 2 aromatic heterocycles. The van der Waals surface area contributed by atoms with Crippen molar-refractivity contribution < 1.29 is 9.13 Å². The van der Waals surface area contributed by atoms with E-state index in [4.69, 9.17) is 0 Å².